The third-order valence-corrected chi connectivity index (χ3v) is 18.6. The monoisotopic (exact) mass is 1550 g/mol. The zero-order valence-corrected chi connectivity index (χ0v) is 69.0. The summed E-state index contributed by atoms with van der Waals surface area (Å²) in [4.78, 5) is 73.2. The highest BCUT2D eigenvalue weighted by Crippen LogP contribution is 2.45. The largest absolute Gasteiger partial charge is 0.472 e. The molecule has 5 unspecified atom stereocenters. The average molecular weight is 1550 g/mol. The summed E-state index contributed by atoms with van der Waals surface area (Å²) < 4.78 is 68.7. The molecule has 614 valence electrons. The van der Waals surface area contributed by atoms with Crippen LogP contribution in [0.2, 0.25) is 0 Å². The smallest absolute Gasteiger partial charge is 0.462 e. The number of aliphatic hydroxyl groups is 1. The van der Waals surface area contributed by atoms with Crippen LogP contribution in [0.1, 0.15) is 310 Å². The number of unbranched alkanes of at least 4 members (excludes halogenated alkanes) is 22. The fourth-order valence-corrected chi connectivity index (χ4v) is 12.0. The highest BCUT2D eigenvalue weighted by Gasteiger charge is 2.30. The van der Waals surface area contributed by atoms with E-state index in [2.05, 4.69) is 198 Å². The molecule has 0 heterocycles. The van der Waals surface area contributed by atoms with Crippen LogP contribution in [0.5, 0.6) is 0 Å². The number of hydrogen-bond acceptors (Lipinski definition) is 15. The Bertz CT molecular complexity index is 2710. The maximum absolute atomic E-state index is 13.1. The van der Waals surface area contributed by atoms with Crippen LogP contribution in [0.3, 0.4) is 0 Å². The second-order valence-electron chi connectivity index (χ2n) is 26.9. The fraction of sp³-hybridized carbons (Fsp3) is 0.640. The normalized spacial score (nSPS) is 14.7. The van der Waals surface area contributed by atoms with Crippen molar-refractivity contribution in [2.24, 2.45) is 0 Å². The number of carbonyl (C=O) groups is 4. The topological polar surface area (TPSA) is 237 Å². The van der Waals surface area contributed by atoms with Crippen molar-refractivity contribution in [2.75, 3.05) is 39.6 Å². The van der Waals surface area contributed by atoms with Gasteiger partial charge in [0.2, 0.25) is 0 Å². The first kappa shape index (κ1) is 102. The summed E-state index contributed by atoms with van der Waals surface area (Å²) in [7, 11) is -10.0. The molecule has 0 spiro atoms. The van der Waals surface area contributed by atoms with Gasteiger partial charge in [0.15, 0.2) is 12.2 Å². The Balaban J connectivity index is 5.46. The first-order valence-electron chi connectivity index (χ1n) is 41.4. The lowest BCUT2D eigenvalue weighted by Gasteiger charge is -2.21. The van der Waals surface area contributed by atoms with Gasteiger partial charge < -0.3 is 33.8 Å². The molecule has 0 aromatic rings. The summed E-state index contributed by atoms with van der Waals surface area (Å²) in [6.07, 6.45) is 94.6. The second-order valence-corrected chi connectivity index (χ2v) is 29.8. The molecule has 3 N–H and O–H groups in total. The number of esters is 4. The lowest BCUT2D eigenvalue weighted by atomic mass is 10.1. The Labute approximate surface area is 654 Å². The predicted octanol–water partition coefficient (Wildman–Crippen LogP) is 24.6. The van der Waals surface area contributed by atoms with Gasteiger partial charge in [-0.1, -0.05) is 281 Å². The molecule has 108 heavy (non-hydrogen) atoms. The van der Waals surface area contributed by atoms with E-state index in [1.54, 1.807) is 0 Å². The lowest BCUT2D eigenvalue weighted by molar-refractivity contribution is -0.161. The summed E-state index contributed by atoms with van der Waals surface area (Å²) >= 11 is 0. The molecule has 19 heteroatoms. The van der Waals surface area contributed by atoms with Crippen molar-refractivity contribution in [1.82, 2.24) is 0 Å². The van der Waals surface area contributed by atoms with Gasteiger partial charge in [0.05, 0.1) is 26.4 Å². The van der Waals surface area contributed by atoms with Crippen molar-refractivity contribution in [2.45, 2.75) is 329 Å². The Morgan fingerprint density at radius 3 is 0.741 bits per heavy atom. The van der Waals surface area contributed by atoms with Gasteiger partial charge in [-0.05, 0) is 173 Å². The van der Waals surface area contributed by atoms with Crippen LogP contribution in [0.15, 0.2) is 170 Å². The molecule has 0 fully saturated rings. The third-order valence-electron chi connectivity index (χ3n) is 16.7. The van der Waals surface area contributed by atoms with Gasteiger partial charge in [-0.25, -0.2) is 9.13 Å². The molecule has 5 atom stereocenters. The minimum absolute atomic E-state index is 0.0575. The molecule has 0 rings (SSSR count). The highest BCUT2D eigenvalue weighted by molar-refractivity contribution is 7.47. The molecule has 17 nitrogen and oxygen atoms in total. The van der Waals surface area contributed by atoms with E-state index in [9.17, 15) is 43.2 Å². The molecular formula is C89H146O17P2. The predicted molar refractivity (Wildman–Crippen MR) is 445 cm³/mol. The Kier molecular flexibility index (Phi) is 75.4. The zero-order chi connectivity index (χ0) is 78.9. The number of aliphatic hydroxyl groups excluding tert-OH is 1. The molecule has 0 aromatic carbocycles. The zero-order valence-electron chi connectivity index (χ0n) is 67.2. The molecule has 0 aromatic heterocycles. The molecule has 0 radical (unpaired) electrons. The number of carbonyl (C=O) groups excluding carboxylic acids is 4. The van der Waals surface area contributed by atoms with E-state index in [4.69, 9.17) is 37.0 Å². The van der Waals surface area contributed by atoms with Crippen LogP contribution < -0.4 is 0 Å². The number of allylic oxidation sites excluding steroid dienone is 28. The Morgan fingerprint density at radius 2 is 0.481 bits per heavy atom. The number of rotatable bonds is 76. The second kappa shape index (κ2) is 79.5. The lowest BCUT2D eigenvalue weighted by Crippen LogP contribution is -2.30. The van der Waals surface area contributed by atoms with Crippen molar-refractivity contribution < 1.29 is 80.2 Å². The van der Waals surface area contributed by atoms with E-state index in [0.717, 1.165) is 212 Å². The molecule has 0 aliphatic carbocycles. The van der Waals surface area contributed by atoms with E-state index in [1.807, 2.05) is 0 Å². The quantitative estimate of drug-likeness (QED) is 0.0169. The van der Waals surface area contributed by atoms with Gasteiger partial charge in [0, 0.05) is 25.7 Å². The summed E-state index contributed by atoms with van der Waals surface area (Å²) in [5, 5.41) is 10.7. The number of hydrogen-bond donors (Lipinski definition) is 3. The molecule has 0 saturated heterocycles. The van der Waals surface area contributed by atoms with Crippen molar-refractivity contribution >= 4 is 39.5 Å². The van der Waals surface area contributed by atoms with E-state index in [1.165, 1.54) is 19.3 Å². The van der Waals surface area contributed by atoms with Gasteiger partial charge in [0.25, 0.3) is 0 Å². The maximum Gasteiger partial charge on any atom is 0.472 e. The van der Waals surface area contributed by atoms with Crippen LogP contribution in [-0.2, 0) is 65.4 Å². The number of phosphoric ester groups is 2. The molecule has 0 bridgehead atoms. The standard InChI is InChI=1S/C89H146O17P2/c1-5-9-13-17-21-25-29-33-37-40-41-44-47-50-54-58-62-66-70-74-87(92)100-80-85(106-89(94)76-72-68-64-60-56-52-48-43-39-35-31-27-23-19-15-11-7-3)82-104-108(97,98)102-78-83(90)77-101-107(95,96)103-81-84(105-88(93)75-71-67-63-59-55-51-45-36-32-28-24-20-16-12-8-4)79-99-86(91)73-69-65-61-57-53-49-46-42-38-34-30-26-22-18-14-10-6-2/h10-12,14-16,21-28,33-39,41,44-46,48-49,52,83-85,90H,5-9,13,17-20,29-32,40,42-43,47,50-51,53-82H2,1-4H3,(H,95,96)(H,97,98)/b14-10-,15-11-,16-12-,25-21-,26-22-,27-23-,28-24-,37-33-,38-34-,39-35-,44-41-,45-36-,49-46-,52-48-. The van der Waals surface area contributed by atoms with Crippen molar-refractivity contribution in [3.63, 3.8) is 0 Å². The Hall–Kier alpha value is -5.58. The number of phosphoric acid groups is 2. The third kappa shape index (κ3) is 78.5. The molecular weight excluding hydrogens is 1400 g/mol. The van der Waals surface area contributed by atoms with Crippen LogP contribution in [0.4, 0.5) is 0 Å². The number of ether oxygens (including phenoxy) is 4. The summed E-state index contributed by atoms with van der Waals surface area (Å²) in [6.45, 7) is 4.42. The highest BCUT2D eigenvalue weighted by atomic mass is 31.2. The van der Waals surface area contributed by atoms with Crippen molar-refractivity contribution in [3.8, 4) is 0 Å². The maximum atomic E-state index is 13.1. The fourth-order valence-electron chi connectivity index (χ4n) is 10.5. The first-order chi connectivity index (χ1) is 52.7. The van der Waals surface area contributed by atoms with Crippen molar-refractivity contribution in [1.29, 1.82) is 0 Å². The molecule has 0 amide bonds. The summed E-state index contributed by atoms with van der Waals surface area (Å²) in [5.41, 5.74) is 0. The molecule has 0 aliphatic rings. The average Bonchev–Trinajstić information content (AvgIpc) is 0.906. The Morgan fingerprint density at radius 1 is 0.269 bits per heavy atom. The van der Waals surface area contributed by atoms with Crippen LogP contribution in [0, 0.1) is 0 Å². The van der Waals surface area contributed by atoms with Gasteiger partial charge in [-0.2, -0.15) is 0 Å². The van der Waals surface area contributed by atoms with Gasteiger partial charge >= 0.3 is 39.5 Å². The summed E-state index contributed by atoms with van der Waals surface area (Å²) in [5.74, 6) is -2.27. The van der Waals surface area contributed by atoms with Gasteiger partial charge in [-0.3, -0.25) is 37.3 Å². The van der Waals surface area contributed by atoms with E-state index in [-0.39, 0.29) is 25.7 Å². The van der Waals surface area contributed by atoms with Gasteiger partial charge in [0.1, 0.15) is 19.3 Å². The molecule has 0 saturated carbocycles. The first-order valence-corrected chi connectivity index (χ1v) is 44.4. The minimum atomic E-state index is -5.00. The van der Waals surface area contributed by atoms with E-state index < -0.39 is 97.5 Å². The SMILES string of the molecule is CC/C=C\C/C=C\C/C=C\C/C=C\CCCCCCC(=O)OCC(COP(=O)(O)OCC(O)COP(=O)(O)OCC(COC(=O)CCCCCCCC/C=C\C/C=C\C/C=C\CCCCC)OC(=O)CCCCCC/C=C\C/C=C\C/C=C\C/C=C\CC)OC(=O)CCCCCCC/C=C\C/C=C\C/C=C\CC. The molecule has 0 aliphatic heterocycles. The van der Waals surface area contributed by atoms with Crippen LogP contribution in [0.25, 0.3) is 0 Å². The minimum Gasteiger partial charge on any atom is -0.462 e. The van der Waals surface area contributed by atoms with E-state index >= 15 is 0 Å². The summed E-state index contributed by atoms with van der Waals surface area (Å²) in [6, 6.07) is 0. The van der Waals surface area contributed by atoms with Crippen molar-refractivity contribution in [3.05, 3.63) is 170 Å². The van der Waals surface area contributed by atoms with E-state index in [0.29, 0.717) is 25.7 Å². The van der Waals surface area contributed by atoms with Crippen LogP contribution >= 0.6 is 15.6 Å². The van der Waals surface area contributed by atoms with Gasteiger partial charge in [-0.15, -0.1) is 0 Å². The van der Waals surface area contributed by atoms with Crippen LogP contribution in [-0.4, -0.2) is 96.7 Å².